The molecule has 2 N–H and O–H groups in total. The van der Waals surface area contributed by atoms with E-state index in [-0.39, 0.29) is 17.4 Å². The highest BCUT2D eigenvalue weighted by atomic mass is 32.1. The molecule has 0 aliphatic carbocycles. The van der Waals surface area contributed by atoms with Gasteiger partial charge in [0.15, 0.2) is 5.82 Å². The van der Waals surface area contributed by atoms with E-state index in [1.165, 1.54) is 53.3 Å². The number of rotatable bonds is 5. The lowest BCUT2D eigenvalue weighted by molar-refractivity contribution is -0.114. The molecule has 0 aliphatic heterocycles. The maximum atomic E-state index is 14.2. The molecule has 0 fully saturated rings. The third-order valence-electron chi connectivity index (χ3n) is 4.14. The first-order valence-corrected chi connectivity index (χ1v) is 9.94. The number of carbonyl (C=O) groups excluding carboxylic acids is 2. The van der Waals surface area contributed by atoms with Crippen LogP contribution < -0.4 is 10.6 Å². The van der Waals surface area contributed by atoms with Crippen LogP contribution in [0.1, 0.15) is 17.5 Å². The van der Waals surface area contributed by atoms with Crippen LogP contribution in [0.2, 0.25) is 0 Å². The Morgan fingerprint density at radius 3 is 2.58 bits per heavy atom. The largest absolute Gasteiger partial charge is 0.326 e. The first-order chi connectivity index (χ1) is 14.9. The van der Waals surface area contributed by atoms with E-state index in [9.17, 15) is 18.4 Å². The van der Waals surface area contributed by atoms with Crippen LogP contribution in [-0.2, 0) is 4.79 Å². The molecule has 4 aromatic rings. The average molecular weight is 439 g/mol. The summed E-state index contributed by atoms with van der Waals surface area (Å²) in [7, 11) is 0. The fourth-order valence-electron chi connectivity index (χ4n) is 2.84. The van der Waals surface area contributed by atoms with Gasteiger partial charge in [0.25, 0.3) is 5.91 Å². The summed E-state index contributed by atoms with van der Waals surface area (Å²) < 4.78 is 29.3. The van der Waals surface area contributed by atoms with Crippen molar-refractivity contribution in [3.8, 4) is 16.4 Å². The molecule has 4 rings (SSSR count). The summed E-state index contributed by atoms with van der Waals surface area (Å²) in [5.41, 5.74) is 0.562. The number of hydrogen-bond donors (Lipinski definition) is 2. The lowest BCUT2D eigenvalue weighted by Gasteiger charge is -2.07. The van der Waals surface area contributed by atoms with Gasteiger partial charge in [-0.05, 0) is 47.8 Å². The highest BCUT2D eigenvalue weighted by Gasteiger charge is 2.21. The second-order valence-corrected chi connectivity index (χ2v) is 7.41. The van der Waals surface area contributed by atoms with Gasteiger partial charge in [-0.2, -0.15) is 0 Å². The number of halogens is 2. The van der Waals surface area contributed by atoms with Crippen molar-refractivity contribution in [2.75, 3.05) is 10.6 Å². The van der Waals surface area contributed by atoms with Crippen molar-refractivity contribution in [2.45, 2.75) is 6.92 Å². The van der Waals surface area contributed by atoms with Gasteiger partial charge in [-0.3, -0.25) is 9.59 Å². The molecule has 2 heterocycles. The van der Waals surface area contributed by atoms with Crippen LogP contribution in [0.3, 0.4) is 0 Å². The standard InChI is InChI=1S/C21H15F2N5O2S/c1-12(29)24-14-7-8-16(23)17(11-14)25-21(30)19-26-20(18-6-3-9-31-18)28(27-19)15-5-2-4-13(22)10-15/h2-11H,1H3,(H,24,29)(H,25,30). The quantitative estimate of drug-likeness (QED) is 0.480. The van der Waals surface area contributed by atoms with E-state index >= 15 is 0 Å². The minimum Gasteiger partial charge on any atom is -0.326 e. The monoisotopic (exact) mass is 439 g/mol. The van der Waals surface area contributed by atoms with Crippen LogP contribution in [0.5, 0.6) is 0 Å². The third kappa shape index (κ3) is 4.48. The van der Waals surface area contributed by atoms with Gasteiger partial charge in [-0.1, -0.05) is 12.1 Å². The van der Waals surface area contributed by atoms with Crippen molar-refractivity contribution >= 4 is 34.5 Å². The van der Waals surface area contributed by atoms with Gasteiger partial charge in [0.1, 0.15) is 11.6 Å². The summed E-state index contributed by atoms with van der Waals surface area (Å²) >= 11 is 1.38. The first kappa shape index (κ1) is 20.4. The molecule has 0 saturated heterocycles. The molecule has 156 valence electrons. The van der Waals surface area contributed by atoms with Gasteiger partial charge in [0.2, 0.25) is 11.7 Å². The first-order valence-electron chi connectivity index (χ1n) is 9.06. The Hall–Kier alpha value is -3.92. The second-order valence-electron chi connectivity index (χ2n) is 6.46. The number of anilines is 2. The molecule has 2 aromatic carbocycles. The fraction of sp³-hybridized carbons (Fsp3) is 0.0476. The molecule has 2 aromatic heterocycles. The minimum absolute atomic E-state index is 0.143. The van der Waals surface area contributed by atoms with Crippen LogP contribution in [-0.4, -0.2) is 26.6 Å². The van der Waals surface area contributed by atoms with Crippen LogP contribution >= 0.6 is 11.3 Å². The van der Waals surface area contributed by atoms with E-state index in [2.05, 4.69) is 20.7 Å². The molecule has 0 unspecified atom stereocenters. The molecule has 0 saturated carbocycles. The molecule has 10 heteroatoms. The van der Waals surface area contributed by atoms with Gasteiger partial charge < -0.3 is 10.6 Å². The third-order valence-corrected chi connectivity index (χ3v) is 5.01. The number of thiophene rings is 1. The molecule has 0 aliphatic rings. The van der Waals surface area contributed by atoms with Crippen molar-refractivity contribution in [2.24, 2.45) is 0 Å². The lowest BCUT2D eigenvalue weighted by atomic mass is 10.2. The topological polar surface area (TPSA) is 88.9 Å². The van der Waals surface area contributed by atoms with E-state index in [4.69, 9.17) is 0 Å². The van der Waals surface area contributed by atoms with E-state index in [0.29, 0.717) is 17.2 Å². The molecule has 2 amide bonds. The summed E-state index contributed by atoms with van der Waals surface area (Å²) in [5, 5.41) is 11.0. The van der Waals surface area contributed by atoms with Crippen molar-refractivity contribution in [3.63, 3.8) is 0 Å². The molecule has 7 nitrogen and oxygen atoms in total. The van der Waals surface area contributed by atoms with Gasteiger partial charge in [0, 0.05) is 12.6 Å². The van der Waals surface area contributed by atoms with Crippen molar-refractivity contribution in [3.05, 3.63) is 77.4 Å². The maximum Gasteiger partial charge on any atom is 0.295 e. The summed E-state index contributed by atoms with van der Waals surface area (Å²) in [6, 6.07) is 13.1. The minimum atomic E-state index is -0.758. The van der Waals surface area contributed by atoms with E-state index in [1.54, 1.807) is 12.1 Å². The second kappa shape index (κ2) is 8.44. The number of amides is 2. The number of hydrogen-bond acceptors (Lipinski definition) is 5. The van der Waals surface area contributed by atoms with E-state index in [1.807, 2.05) is 11.4 Å². The Morgan fingerprint density at radius 1 is 1.03 bits per heavy atom. The van der Waals surface area contributed by atoms with Gasteiger partial charge >= 0.3 is 0 Å². The summed E-state index contributed by atoms with van der Waals surface area (Å²) in [6.07, 6.45) is 0. The highest BCUT2D eigenvalue weighted by Crippen LogP contribution is 2.26. The van der Waals surface area contributed by atoms with Crippen molar-refractivity contribution in [1.29, 1.82) is 0 Å². The van der Waals surface area contributed by atoms with Crippen LogP contribution in [0.15, 0.2) is 60.0 Å². The number of nitrogens with zero attached hydrogens (tertiary/aromatic N) is 3. The number of benzene rings is 2. The molecule has 31 heavy (non-hydrogen) atoms. The zero-order valence-electron chi connectivity index (χ0n) is 16.1. The Bertz CT molecular complexity index is 1270. The molecule has 0 atom stereocenters. The Balaban J connectivity index is 1.70. The predicted octanol–water partition coefficient (Wildman–Crippen LogP) is 4.48. The van der Waals surface area contributed by atoms with Gasteiger partial charge in [-0.25, -0.2) is 18.4 Å². The molecular formula is C21H15F2N5O2S. The average Bonchev–Trinajstić information content (AvgIpc) is 3.39. The molecule has 0 bridgehead atoms. The predicted molar refractivity (Wildman–Crippen MR) is 113 cm³/mol. The lowest BCUT2D eigenvalue weighted by Crippen LogP contribution is -2.16. The SMILES string of the molecule is CC(=O)Nc1ccc(F)c(NC(=O)c2nc(-c3cccs3)n(-c3cccc(F)c3)n2)c1. The zero-order chi connectivity index (χ0) is 22.0. The molecule has 0 radical (unpaired) electrons. The maximum absolute atomic E-state index is 14.2. The number of nitrogens with one attached hydrogen (secondary N) is 2. The van der Waals surface area contributed by atoms with Gasteiger partial charge in [0.05, 0.1) is 16.3 Å². The summed E-state index contributed by atoms with van der Waals surface area (Å²) in [5.74, 6) is -2.12. The fourth-order valence-corrected chi connectivity index (χ4v) is 3.54. The Kier molecular flexibility index (Phi) is 5.54. The van der Waals surface area contributed by atoms with Crippen LogP contribution in [0, 0.1) is 11.6 Å². The zero-order valence-corrected chi connectivity index (χ0v) is 16.9. The van der Waals surface area contributed by atoms with E-state index < -0.39 is 17.5 Å². The number of aromatic nitrogens is 3. The smallest absolute Gasteiger partial charge is 0.295 e. The van der Waals surface area contributed by atoms with Crippen molar-refractivity contribution < 1.29 is 18.4 Å². The highest BCUT2D eigenvalue weighted by molar-refractivity contribution is 7.13. The number of carbonyl (C=O) groups is 2. The summed E-state index contributed by atoms with van der Waals surface area (Å²) in [6.45, 7) is 1.32. The Morgan fingerprint density at radius 2 is 1.87 bits per heavy atom. The molecular weight excluding hydrogens is 424 g/mol. The van der Waals surface area contributed by atoms with E-state index in [0.717, 1.165) is 10.9 Å². The van der Waals surface area contributed by atoms with Crippen molar-refractivity contribution in [1.82, 2.24) is 14.8 Å². The van der Waals surface area contributed by atoms with Crippen LogP contribution in [0.4, 0.5) is 20.2 Å². The molecule has 0 spiro atoms. The Labute approximate surface area is 179 Å². The summed E-state index contributed by atoms with van der Waals surface area (Å²) in [4.78, 5) is 29.0. The van der Waals surface area contributed by atoms with Gasteiger partial charge in [-0.15, -0.1) is 16.4 Å². The van der Waals surface area contributed by atoms with Crippen LogP contribution in [0.25, 0.3) is 16.4 Å². The normalized spacial score (nSPS) is 10.7.